The summed E-state index contributed by atoms with van der Waals surface area (Å²) in [7, 11) is 0. The highest BCUT2D eigenvalue weighted by atomic mass is 16.6. The number of hydrogen-bond acceptors (Lipinski definition) is 5. The van der Waals surface area contributed by atoms with Crippen molar-refractivity contribution in [2.45, 2.75) is 44.7 Å². The number of aliphatic carboxylic acids is 1. The second kappa shape index (κ2) is 9.15. The highest BCUT2D eigenvalue weighted by Crippen LogP contribution is 2.39. The third kappa shape index (κ3) is 4.63. The maximum atomic E-state index is 12.1. The average Bonchev–Trinajstić information content (AvgIpc) is 3.10. The summed E-state index contributed by atoms with van der Waals surface area (Å²) in [6.45, 7) is 4.08. The van der Waals surface area contributed by atoms with E-state index in [0.717, 1.165) is 5.56 Å². The van der Waals surface area contributed by atoms with Crippen molar-refractivity contribution in [2.24, 2.45) is 11.8 Å². The highest BCUT2D eigenvalue weighted by molar-refractivity contribution is 5.75. The van der Waals surface area contributed by atoms with E-state index in [1.807, 2.05) is 50.2 Å². The van der Waals surface area contributed by atoms with Crippen LogP contribution in [0.1, 0.15) is 31.0 Å². The summed E-state index contributed by atoms with van der Waals surface area (Å²) >= 11 is 0. The average molecular weight is 398 g/mol. The summed E-state index contributed by atoms with van der Waals surface area (Å²) in [6, 6.07) is 15.6. The molecule has 1 saturated heterocycles. The Morgan fingerprint density at radius 1 is 1.14 bits per heavy atom. The van der Waals surface area contributed by atoms with E-state index < -0.39 is 36.1 Å². The fourth-order valence-corrected chi connectivity index (χ4v) is 4.17. The van der Waals surface area contributed by atoms with Gasteiger partial charge in [-0.1, -0.05) is 74.5 Å². The van der Waals surface area contributed by atoms with Gasteiger partial charge in [0.05, 0.1) is 18.6 Å². The van der Waals surface area contributed by atoms with Gasteiger partial charge in [-0.15, -0.1) is 0 Å². The van der Waals surface area contributed by atoms with Crippen LogP contribution < -0.4 is 5.32 Å². The third-order valence-corrected chi connectivity index (χ3v) is 5.47. The minimum absolute atomic E-state index is 0.0932. The van der Waals surface area contributed by atoms with Crippen molar-refractivity contribution in [3.63, 3.8) is 0 Å². The van der Waals surface area contributed by atoms with Crippen LogP contribution in [0, 0.1) is 22.0 Å². The van der Waals surface area contributed by atoms with E-state index in [4.69, 9.17) is 4.74 Å². The van der Waals surface area contributed by atoms with Crippen molar-refractivity contribution in [1.29, 1.82) is 0 Å². The van der Waals surface area contributed by atoms with Crippen LogP contribution in [-0.4, -0.2) is 34.2 Å². The Morgan fingerprint density at radius 2 is 1.72 bits per heavy atom. The van der Waals surface area contributed by atoms with Gasteiger partial charge in [-0.3, -0.25) is 20.2 Å². The molecule has 3 rings (SSSR count). The molecule has 0 bridgehead atoms. The first-order chi connectivity index (χ1) is 13.9. The van der Waals surface area contributed by atoms with Gasteiger partial charge in [0.15, 0.2) is 0 Å². The molecular weight excluding hydrogens is 372 g/mol. The van der Waals surface area contributed by atoms with E-state index in [1.54, 1.807) is 24.3 Å². The predicted octanol–water partition coefficient (Wildman–Crippen LogP) is 3.29. The van der Waals surface area contributed by atoms with Crippen LogP contribution in [0.4, 0.5) is 0 Å². The minimum atomic E-state index is -1.11. The van der Waals surface area contributed by atoms with Crippen molar-refractivity contribution < 1.29 is 19.6 Å². The van der Waals surface area contributed by atoms with Gasteiger partial charge >= 0.3 is 5.97 Å². The molecule has 1 aliphatic heterocycles. The summed E-state index contributed by atoms with van der Waals surface area (Å²) in [5.41, 5.74) is 1.64. The first kappa shape index (κ1) is 21.0. The summed E-state index contributed by atoms with van der Waals surface area (Å²) < 4.78 is 6.11. The van der Waals surface area contributed by atoms with Gasteiger partial charge in [-0.05, 0) is 17.0 Å². The van der Waals surface area contributed by atoms with Gasteiger partial charge in [0, 0.05) is 4.92 Å². The number of nitrogens with one attached hydrogen (secondary N) is 1. The maximum absolute atomic E-state index is 12.1. The molecule has 5 unspecified atom stereocenters. The Bertz CT molecular complexity index is 828. The topological polar surface area (TPSA) is 102 Å². The number of benzene rings is 2. The number of ether oxygens (including phenoxy) is 1. The van der Waals surface area contributed by atoms with E-state index in [1.165, 1.54) is 0 Å². The fourth-order valence-electron chi connectivity index (χ4n) is 4.17. The number of carbonyl (C=O) groups is 1. The molecule has 0 aromatic heterocycles. The second-order valence-electron chi connectivity index (χ2n) is 7.73. The zero-order chi connectivity index (χ0) is 21.0. The predicted molar refractivity (Wildman–Crippen MR) is 108 cm³/mol. The fraction of sp³-hybridized carbons (Fsp3) is 0.409. The molecule has 7 heteroatoms. The summed E-state index contributed by atoms with van der Waals surface area (Å²) in [6.07, 6.45) is -0.590. The van der Waals surface area contributed by atoms with E-state index in [-0.39, 0.29) is 17.4 Å². The quantitative estimate of drug-likeness (QED) is 0.523. The standard InChI is InChI=1S/C22H26N2O5/c1-14(2)21(29-13-15-9-5-3-6-10-15)17-19(22(25)26)23-18(20(17)24(27)28)16-11-7-4-8-12-16/h3-12,14,17-21,23H,13H2,1-2H3,(H,25,26). The lowest BCUT2D eigenvalue weighted by Crippen LogP contribution is -2.47. The largest absolute Gasteiger partial charge is 0.480 e. The lowest BCUT2D eigenvalue weighted by atomic mass is 9.82. The molecule has 154 valence electrons. The molecule has 0 saturated carbocycles. The Morgan fingerprint density at radius 3 is 2.24 bits per heavy atom. The van der Waals surface area contributed by atoms with Gasteiger partial charge < -0.3 is 9.84 Å². The van der Waals surface area contributed by atoms with Crippen LogP contribution in [0.5, 0.6) is 0 Å². The van der Waals surface area contributed by atoms with Crippen molar-refractivity contribution in [1.82, 2.24) is 5.32 Å². The molecule has 1 fully saturated rings. The Hall–Kier alpha value is -2.77. The molecule has 2 N–H and O–H groups in total. The Kier molecular flexibility index (Phi) is 6.61. The number of rotatable bonds is 8. The van der Waals surface area contributed by atoms with Crippen molar-refractivity contribution in [2.75, 3.05) is 0 Å². The minimum Gasteiger partial charge on any atom is -0.480 e. The lowest BCUT2D eigenvalue weighted by Gasteiger charge is -2.30. The molecule has 7 nitrogen and oxygen atoms in total. The first-order valence-electron chi connectivity index (χ1n) is 9.73. The number of hydrogen-bond donors (Lipinski definition) is 2. The number of carboxylic acids is 1. The molecule has 0 spiro atoms. The number of nitrogens with zero attached hydrogens (tertiary/aromatic N) is 1. The van der Waals surface area contributed by atoms with Gasteiger partial charge in [0.25, 0.3) is 0 Å². The molecule has 5 atom stereocenters. The summed E-state index contributed by atoms with van der Waals surface area (Å²) in [5, 5.41) is 24.9. The van der Waals surface area contributed by atoms with E-state index in [0.29, 0.717) is 5.56 Å². The summed E-state index contributed by atoms with van der Waals surface area (Å²) in [5.74, 6) is -2.00. The monoisotopic (exact) mass is 398 g/mol. The molecule has 2 aromatic rings. The SMILES string of the molecule is CC(C)C(OCc1ccccc1)C1C(C(=O)O)NC(c2ccccc2)C1[N+](=O)[O-]. The zero-order valence-electron chi connectivity index (χ0n) is 16.5. The van der Waals surface area contributed by atoms with Crippen LogP contribution in [0.15, 0.2) is 60.7 Å². The third-order valence-electron chi connectivity index (χ3n) is 5.47. The zero-order valence-corrected chi connectivity index (χ0v) is 16.5. The Balaban J connectivity index is 1.94. The molecule has 0 amide bonds. The Labute approximate surface area is 169 Å². The number of nitro groups is 1. The van der Waals surface area contributed by atoms with Gasteiger partial charge in [0.2, 0.25) is 6.04 Å². The number of carboxylic acid groups (broad SMARTS) is 1. The van der Waals surface area contributed by atoms with E-state index >= 15 is 0 Å². The van der Waals surface area contributed by atoms with Crippen LogP contribution in [-0.2, 0) is 16.1 Å². The molecule has 0 radical (unpaired) electrons. The molecule has 1 heterocycles. The van der Waals surface area contributed by atoms with E-state index in [9.17, 15) is 20.0 Å². The summed E-state index contributed by atoms with van der Waals surface area (Å²) in [4.78, 5) is 23.7. The van der Waals surface area contributed by atoms with Crippen molar-refractivity contribution in [3.8, 4) is 0 Å². The molecule has 29 heavy (non-hydrogen) atoms. The van der Waals surface area contributed by atoms with Crippen LogP contribution >= 0.6 is 0 Å². The van der Waals surface area contributed by atoms with Crippen molar-refractivity contribution >= 4 is 5.97 Å². The van der Waals surface area contributed by atoms with Crippen LogP contribution in [0.25, 0.3) is 0 Å². The van der Waals surface area contributed by atoms with Gasteiger partial charge in [-0.25, -0.2) is 0 Å². The van der Waals surface area contributed by atoms with Crippen LogP contribution in [0.2, 0.25) is 0 Å². The highest BCUT2D eigenvalue weighted by Gasteiger charge is 2.57. The lowest BCUT2D eigenvalue weighted by molar-refractivity contribution is -0.535. The van der Waals surface area contributed by atoms with E-state index in [2.05, 4.69) is 5.32 Å². The smallest absolute Gasteiger partial charge is 0.321 e. The van der Waals surface area contributed by atoms with Gasteiger partial charge in [-0.2, -0.15) is 0 Å². The normalized spacial score (nSPS) is 25.1. The molecular formula is C22H26N2O5. The molecule has 1 aliphatic rings. The first-order valence-corrected chi connectivity index (χ1v) is 9.73. The second-order valence-corrected chi connectivity index (χ2v) is 7.73. The molecule has 2 aromatic carbocycles. The van der Waals surface area contributed by atoms with Gasteiger partial charge in [0.1, 0.15) is 12.1 Å². The van der Waals surface area contributed by atoms with Crippen molar-refractivity contribution in [3.05, 3.63) is 81.9 Å². The molecule has 0 aliphatic carbocycles. The maximum Gasteiger partial charge on any atom is 0.321 e. The van der Waals surface area contributed by atoms with Crippen LogP contribution in [0.3, 0.4) is 0 Å².